The molecular formula is C25H26ClN5O3. The predicted molar refractivity (Wildman–Crippen MR) is 132 cm³/mol. The standard InChI is InChI=1S/C25H26ClN5O3/c1-4-34-20-9-7-19(8-10-20)30-11-12-31-22(28-29-24(31)25(30)33)13-16(2)14-23(32)27-18-6-5-17(3)21(26)15-18/h5-12,15-16H,4,13-14H2,1-3H3,(H,27,32). The number of benzene rings is 2. The summed E-state index contributed by atoms with van der Waals surface area (Å²) in [6.07, 6.45) is 4.25. The lowest BCUT2D eigenvalue weighted by molar-refractivity contribution is -0.116. The van der Waals surface area contributed by atoms with Crippen molar-refractivity contribution in [3.63, 3.8) is 0 Å². The third-order valence-corrected chi connectivity index (χ3v) is 5.89. The van der Waals surface area contributed by atoms with Gasteiger partial charge in [0.05, 0.1) is 6.61 Å². The monoisotopic (exact) mass is 479 g/mol. The number of hydrogen-bond acceptors (Lipinski definition) is 5. The molecule has 2 aromatic carbocycles. The molecule has 0 saturated heterocycles. The van der Waals surface area contributed by atoms with Crippen LogP contribution in [0.5, 0.6) is 5.75 Å². The summed E-state index contributed by atoms with van der Waals surface area (Å²) in [4.78, 5) is 25.5. The molecule has 2 heterocycles. The molecule has 1 atom stereocenters. The second-order valence-electron chi connectivity index (χ2n) is 8.24. The zero-order chi connectivity index (χ0) is 24.2. The van der Waals surface area contributed by atoms with Crippen LogP contribution in [0.3, 0.4) is 0 Å². The lowest BCUT2D eigenvalue weighted by atomic mass is 10.0. The number of carbonyl (C=O) groups excluding carboxylic acids is 1. The van der Waals surface area contributed by atoms with E-state index in [1.165, 1.54) is 4.57 Å². The summed E-state index contributed by atoms with van der Waals surface area (Å²) in [7, 11) is 0. The fraction of sp³-hybridized carbons (Fsp3) is 0.280. The van der Waals surface area contributed by atoms with Crippen molar-refractivity contribution >= 4 is 28.8 Å². The SMILES string of the molecule is CCOc1ccc(-n2ccn3c(CC(C)CC(=O)Nc4ccc(C)c(Cl)c4)nnc3c2=O)cc1. The third-order valence-electron chi connectivity index (χ3n) is 5.49. The maximum absolute atomic E-state index is 13.0. The Morgan fingerprint density at radius 2 is 1.91 bits per heavy atom. The average Bonchev–Trinajstić information content (AvgIpc) is 3.21. The first-order chi connectivity index (χ1) is 16.4. The maximum Gasteiger partial charge on any atom is 0.300 e. The van der Waals surface area contributed by atoms with Gasteiger partial charge in [0.1, 0.15) is 11.6 Å². The molecule has 8 nitrogen and oxygen atoms in total. The Bertz CT molecular complexity index is 1380. The number of fused-ring (bicyclic) bond motifs is 1. The summed E-state index contributed by atoms with van der Waals surface area (Å²) in [5, 5.41) is 11.8. The van der Waals surface area contributed by atoms with E-state index in [1.54, 1.807) is 22.9 Å². The van der Waals surface area contributed by atoms with E-state index in [0.29, 0.717) is 41.7 Å². The zero-order valence-electron chi connectivity index (χ0n) is 19.3. The molecule has 1 amide bonds. The molecule has 0 fully saturated rings. The van der Waals surface area contributed by atoms with Gasteiger partial charge < -0.3 is 10.1 Å². The molecule has 0 saturated carbocycles. The van der Waals surface area contributed by atoms with Crippen molar-refractivity contribution in [1.29, 1.82) is 0 Å². The summed E-state index contributed by atoms with van der Waals surface area (Å²) >= 11 is 6.13. The Kier molecular flexibility index (Phi) is 6.98. The van der Waals surface area contributed by atoms with E-state index in [0.717, 1.165) is 11.3 Å². The molecule has 2 aromatic heterocycles. The quantitative estimate of drug-likeness (QED) is 0.403. The van der Waals surface area contributed by atoms with Gasteiger partial charge in [-0.25, -0.2) is 0 Å². The van der Waals surface area contributed by atoms with Gasteiger partial charge in [0.15, 0.2) is 0 Å². The van der Waals surface area contributed by atoms with Gasteiger partial charge >= 0.3 is 5.56 Å². The average molecular weight is 480 g/mol. The number of aromatic nitrogens is 4. The molecule has 0 bridgehead atoms. The van der Waals surface area contributed by atoms with Crippen LogP contribution in [-0.4, -0.2) is 31.7 Å². The summed E-state index contributed by atoms with van der Waals surface area (Å²) in [5.74, 6) is 1.25. The fourth-order valence-corrected chi connectivity index (χ4v) is 3.91. The van der Waals surface area contributed by atoms with Crippen LogP contribution in [0.25, 0.3) is 11.3 Å². The number of nitrogens with one attached hydrogen (secondary N) is 1. The molecule has 0 aliphatic rings. The van der Waals surface area contributed by atoms with Crippen LogP contribution < -0.4 is 15.6 Å². The van der Waals surface area contributed by atoms with Crippen molar-refractivity contribution in [3.05, 3.63) is 81.6 Å². The number of amides is 1. The molecule has 0 aliphatic carbocycles. The van der Waals surface area contributed by atoms with E-state index in [4.69, 9.17) is 16.3 Å². The number of carbonyl (C=O) groups is 1. The minimum absolute atomic E-state index is 0.0122. The Morgan fingerprint density at radius 1 is 1.15 bits per heavy atom. The highest BCUT2D eigenvalue weighted by atomic mass is 35.5. The molecule has 34 heavy (non-hydrogen) atoms. The Balaban J connectivity index is 1.46. The van der Waals surface area contributed by atoms with Crippen LogP contribution >= 0.6 is 11.6 Å². The van der Waals surface area contributed by atoms with Crippen LogP contribution in [0.2, 0.25) is 5.02 Å². The summed E-state index contributed by atoms with van der Waals surface area (Å²) in [6, 6.07) is 12.7. The highest BCUT2D eigenvalue weighted by molar-refractivity contribution is 6.31. The van der Waals surface area contributed by atoms with Gasteiger partial charge in [-0.15, -0.1) is 10.2 Å². The van der Waals surface area contributed by atoms with Gasteiger partial charge in [-0.1, -0.05) is 24.6 Å². The first-order valence-corrected chi connectivity index (χ1v) is 11.5. The van der Waals surface area contributed by atoms with Crippen LogP contribution in [0, 0.1) is 12.8 Å². The Hall–Kier alpha value is -3.65. The van der Waals surface area contributed by atoms with Crippen LogP contribution in [-0.2, 0) is 11.2 Å². The number of rotatable bonds is 8. The molecule has 9 heteroatoms. The van der Waals surface area contributed by atoms with Gasteiger partial charge in [0.2, 0.25) is 11.6 Å². The summed E-state index contributed by atoms with van der Waals surface area (Å²) in [6.45, 7) is 6.37. The largest absolute Gasteiger partial charge is 0.494 e. The number of nitrogens with zero attached hydrogens (tertiary/aromatic N) is 4. The topological polar surface area (TPSA) is 90.5 Å². The van der Waals surface area contributed by atoms with E-state index >= 15 is 0 Å². The smallest absolute Gasteiger partial charge is 0.300 e. The van der Waals surface area contributed by atoms with Gasteiger partial charge in [0, 0.05) is 41.6 Å². The molecule has 0 spiro atoms. The molecule has 4 aromatic rings. The van der Waals surface area contributed by atoms with Gasteiger partial charge in [0.25, 0.3) is 0 Å². The Labute approximate surface area is 202 Å². The fourth-order valence-electron chi connectivity index (χ4n) is 3.73. The number of ether oxygens (including phenoxy) is 1. The van der Waals surface area contributed by atoms with Crippen molar-refractivity contribution in [3.8, 4) is 11.4 Å². The zero-order valence-corrected chi connectivity index (χ0v) is 20.0. The number of halogens is 1. The highest BCUT2D eigenvalue weighted by Crippen LogP contribution is 2.21. The minimum Gasteiger partial charge on any atom is -0.494 e. The molecule has 1 unspecified atom stereocenters. The molecular weight excluding hydrogens is 454 g/mol. The van der Waals surface area contributed by atoms with E-state index in [9.17, 15) is 9.59 Å². The molecule has 0 aliphatic heterocycles. The summed E-state index contributed by atoms with van der Waals surface area (Å²) < 4.78 is 8.66. The molecule has 176 valence electrons. The normalized spacial score (nSPS) is 12.0. The van der Waals surface area contributed by atoms with Crippen molar-refractivity contribution in [2.75, 3.05) is 11.9 Å². The van der Waals surface area contributed by atoms with Crippen LogP contribution in [0.1, 0.15) is 31.7 Å². The molecule has 0 radical (unpaired) electrons. The number of aryl methyl sites for hydroxylation is 1. The van der Waals surface area contributed by atoms with E-state index in [1.807, 2.05) is 57.2 Å². The summed E-state index contributed by atoms with van der Waals surface area (Å²) in [5.41, 5.74) is 2.29. The first-order valence-electron chi connectivity index (χ1n) is 11.1. The lowest BCUT2D eigenvalue weighted by Gasteiger charge is -2.12. The van der Waals surface area contributed by atoms with Gasteiger partial charge in [-0.2, -0.15) is 0 Å². The lowest BCUT2D eigenvalue weighted by Crippen LogP contribution is -2.21. The second kappa shape index (κ2) is 10.1. The number of anilines is 1. The van der Waals surface area contributed by atoms with Crippen LogP contribution in [0.4, 0.5) is 5.69 Å². The highest BCUT2D eigenvalue weighted by Gasteiger charge is 2.16. The first kappa shape index (κ1) is 23.5. The van der Waals surface area contributed by atoms with E-state index < -0.39 is 0 Å². The number of hydrogen-bond donors (Lipinski definition) is 1. The second-order valence-corrected chi connectivity index (χ2v) is 8.64. The third kappa shape index (κ3) is 5.12. The molecule has 1 N–H and O–H groups in total. The maximum atomic E-state index is 13.0. The Morgan fingerprint density at radius 3 is 2.62 bits per heavy atom. The minimum atomic E-state index is -0.271. The van der Waals surface area contributed by atoms with Gasteiger partial charge in [-0.3, -0.25) is 18.6 Å². The predicted octanol–water partition coefficient (Wildman–Crippen LogP) is 4.45. The van der Waals surface area contributed by atoms with Crippen molar-refractivity contribution in [2.24, 2.45) is 5.92 Å². The van der Waals surface area contributed by atoms with Crippen molar-refractivity contribution in [2.45, 2.75) is 33.6 Å². The van der Waals surface area contributed by atoms with Crippen molar-refractivity contribution < 1.29 is 9.53 Å². The van der Waals surface area contributed by atoms with E-state index in [-0.39, 0.29) is 23.0 Å². The van der Waals surface area contributed by atoms with Crippen LogP contribution in [0.15, 0.2) is 59.7 Å². The molecule has 4 rings (SSSR count). The van der Waals surface area contributed by atoms with Crippen molar-refractivity contribution in [1.82, 2.24) is 19.2 Å². The van der Waals surface area contributed by atoms with E-state index in [2.05, 4.69) is 15.5 Å². The van der Waals surface area contributed by atoms with Gasteiger partial charge in [-0.05, 0) is 61.7 Å².